The van der Waals surface area contributed by atoms with E-state index >= 15 is 0 Å². The number of carbonyl (C=O) groups is 3. The first-order valence-corrected chi connectivity index (χ1v) is 13.6. The summed E-state index contributed by atoms with van der Waals surface area (Å²) in [5.41, 5.74) is 3.47. The van der Waals surface area contributed by atoms with Crippen molar-refractivity contribution >= 4 is 17.9 Å². The molecule has 40 heavy (non-hydrogen) atoms. The molecule has 2 heterocycles. The lowest BCUT2D eigenvalue weighted by Gasteiger charge is -2.43. The Morgan fingerprint density at radius 2 is 1.90 bits per heavy atom. The van der Waals surface area contributed by atoms with E-state index < -0.39 is 12.0 Å². The van der Waals surface area contributed by atoms with Gasteiger partial charge < -0.3 is 19.7 Å². The van der Waals surface area contributed by atoms with E-state index in [0.29, 0.717) is 48.8 Å². The van der Waals surface area contributed by atoms with Gasteiger partial charge in [-0.05, 0) is 44.5 Å². The van der Waals surface area contributed by atoms with Gasteiger partial charge in [0.25, 0.3) is 5.91 Å². The first-order valence-electron chi connectivity index (χ1n) is 13.6. The molecule has 9 heteroatoms. The highest BCUT2D eigenvalue weighted by Gasteiger charge is 2.39. The maximum atomic E-state index is 13.4. The van der Waals surface area contributed by atoms with Crippen molar-refractivity contribution in [3.63, 3.8) is 0 Å². The number of urea groups is 1. The maximum Gasteiger partial charge on any atom is 0.338 e. The summed E-state index contributed by atoms with van der Waals surface area (Å²) in [4.78, 5) is 45.6. The third-order valence-electron chi connectivity index (χ3n) is 7.32. The fraction of sp³-hybridized carbons (Fsp3) is 0.387. The Labute approximate surface area is 236 Å². The molecule has 1 saturated heterocycles. The Balaban J connectivity index is 1.63. The number of rotatable bonds is 9. The normalized spacial score (nSPS) is 19.8. The summed E-state index contributed by atoms with van der Waals surface area (Å²) in [5, 5.41) is 3.00. The lowest BCUT2D eigenvalue weighted by molar-refractivity contribution is -0.139. The lowest BCUT2D eigenvalue weighted by atomic mass is 9.93. The van der Waals surface area contributed by atoms with E-state index in [0.717, 1.165) is 11.1 Å². The van der Waals surface area contributed by atoms with Crippen LogP contribution in [0.5, 0.6) is 5.75 Å². The molecule has 0 aliphatic carbocycles. The third kappa shape index (κ3) is 6.20. The molecule has 0 bridgehead atoms. The first kappa shape index (κ1) is 28.9. The van der Waals surface area contributed by atoms with Gasteiger partial charge in [-0.1, -0.05) is 42.0 Å². The van der Waals surface area contributed by atoms with Gasteiger partial charge in [0, 0.05) is 50.0 Å². The standard InChI is InChI=1S/C31H38N4O5/c1-6-15-35-26(27(30(37)40-7-2)28(32-31(35)38)23-13-11-21(3)12-14-23)20-33-16-17-34(22(4)19-33)29(36)24-9-8-10-25(18-24)39-5/h6,8-14,18,22,28H,1,7,15-17,19-20H2,2-5H3,(H,32,38). The van der Waals surface area contributed by atoms with Crippen molar-refractivity contribution in [3.8, 4) is 5.75 Å². The predicted molar refractivity (Wildman–Crippen MR) is 153 cm³/mol. The van der Waals surface area contributed by atoms with Crippen LogP contribution >= 0.6 is 0 Å². The summed E-state index contributed by atoms with van der Waals surface area (Å²) in [6, 6.07) is 13.9. The molecule has 2 aliphatic rings. The molecule has 0 radical (unpaired) electrons. The second kappa shape index (κ2) is 12.8. The van der Waals surface area contributed by atoms with Crippen LogP contribution in [0.4, 0.5) is 4.79 Å². The van der Waals surface area contributed by atoms with Crippen LogP contribution < -0.4 is 10.1 Å². The smallest absolute Gasteiger partial charge is 0.338 e. The van der Waals surface area contributed by atoms with Crippen molar-refractivity contribution in [2.24, 2.45) is 0 Å². The number of ether oxygens (including phenoxy) is 2. The number of benzene rings is 2. The molecule has 0 saturated carbocycles. The number of nitrogens with zero attached hydrogens (tertiary/aromatic N) is 3. The third-order valence-corrected chi connectivity index (χ3v) is 7.32. The topological polar surface area (TPSA) is 91.4 Å². The summed E-state index contributed by atoms with van der Waals surface area (Å²) in [6.45, 7) is 12.1. The van der Waals surface area contributed by atoms with Gasteiger partial charge in [0.1, 0.15) is 5.75 Å². The number of nitrogens with one attached hydrogen (secondary N) is 1. The van der Waals surface area contributed by atoms with Crippen LogP contribution in [0.1, 0.15) is 41.4 Å². The van der Waals surface area contributed by atoms with Gasteiger partial charge in [-0.2, -0.15) is 0 Å². The van der Waals surface area contributed by atoms with Crippen LogP contribution in [0.15, 0.2) is 72.5 Å². The highest BCUT2D eigenvalue weighted by molar-refractivity contribution is 5.96. The molecule has 1 N–H and O–H groups in total. The van der Waals surface area contributed by atoms with Gasteiger partial charge in [0.05, 0.1) is 25.3 Å². The molecule has 2 atom stereocenters. The molecule has 2 aliphatic heterocycles. The summed E-state index contributed by atoms with van der Waals surface area (Å²) >= 11 is 0. The number of methoxy groups -OCH3 is 1. The average Bonchev–Trinajstić information content (AvgIpc) is 2.95. The molecular formula is C31H38N4O5. The van der Waals surface area contributed by atoms with Crippen molar-refractivity contribution in [1.82, 2.24) is 20.0 Å². The van der Waals surface area contributed by atoms with Crippen molar-refractivity contribution in [2.45, 2.75) is 32.9 Å². The Morgan fingerprint density at radius 1 is 1.15 bits per heavy atom. The van der Waals surface area contributed by atoms with Crippen LogP contribution in [0.25, 0.3) is 0 Å². The molecule has 9 nitrogen and oxygen atoms in total. The Bertz CT molecular complexity index is 1290. The quantitative estimate of drug-likeness (QED) is 0.379. The number of carbonyl (C=O) groups excluding carboxylic acids is 3. The molecule has 2 unspecified atom stereocenters. The number of hydrogen-bond acceptors (Lipinski definition) is 6. The van der Waals surface area contributed by atoms with Gasteiger partial charge in [0.2, 0.25) is 0 Å². The molecular weight excluding hydrogens is 508 g/mol. The molecule has 0 spiro atoms. The molecule has 2 aromatic carbocycles. The maximum absolute atomic E-state index is 13.4. The van der Waals surface area contributed by atoms with E-state index in [2.05, 4.69) is 16.8 Å². The number of piperazine rings is 1. The largest absolute Gasteiger partial charge is 0.497 e. The molecule has 212 valence electrons. The fourth-order valence-corrected chi connectivity index (χ4v) is 5.27. The highest BCUT2D eigenvalue weighted by Crippen LogP contribution is 2.33. The average molecular weight is 547 g/mol. The first-order chi connectivity index (χ1) is 19.3. The highest BCUT2D eigenvalue weighted by atomic mass is 16.5. The van der Waals surface area contributed by atoms with Crippen LogP contribution in [-0.2, 0) is 9.53 Å². The molecule has 1 fully saturated rings. The molecule has 4 rings (SSSR count). The minimum absolute atomic E-state index is 0.0535. The van der Waals surface area contributed by atoms with Crippen molar-refractivity contribution < 1.29 is 23.9 Å². The van der Waals surface area contributed by atoms with E-state index in [1.165, 1.54) is 0 Å². The zero-order valence-corrected chi connectivity index (χ0v) is 23.7. The van der Waals surface area contributed by atoms with E-state index in [-0.39, 0.29) is 31.1 Å². The summed E-state index contributed by atoms with van der Waals surface area (Å²) < 4.78 is 10.8. The van der Waals surface area contributed by atoms with Crippen molar-refractivity contribution in [3.05, 3.63) is 89.1 Å². The lowest BCUT2D eigenvalue weighted by Crippen LogP contribution is -2.56. The summed E-state index contributed by atoms with van der Waals surface area (Å²) in [6.07, 6.45) is 1.64. The van der Waals surface area contributed by atoms with E-state index in [9.17, 15) is 14.4 Å². The molecule has 3 amide bonds. The van der Waals surface area contributed by atoms with Gasteiger partial charge in [-0.25, -0.2) is 9.59 Å². The second-order valence-electron chi connectivity index (χ2n) is 10.1. The molecule has 2 aromatic rings. The number of amides is 3. The van der Waals surface area contributed by atoms with E-state index in [1.807, 2.05) is 55.1 Å². The Morgan fingerprint density at radius 3 is 2.55 bits per heavy atom. The van der Waals surface area contributed by atoms with Crippen LogP contribution in [-0.4, -0.2) is 85.1 Å². The number of hydrogen-bond donors (Lipinski definition) is 1. The number of esters is 1. The summed E-state index contributed by atoms with van der Waals surface area (Å²) in [5.74, 6) is 0.121. The minimum Gasteiger partial charge on any atom is -0.497 e. The van der Waals surface area contributed by atoms with E-state index in [4.69, 9.17) is 9.47 Å². The van der Waals surface area contributed by atoms with Gasteiger partial charge >= 0.3 is 12.0 Å². The van der Waals surface area contributed by atoms with Gasteiger partial charge in [-0.3, -0.25) is 14.6 Å². The summed E-state index contributed by atoms with van der Waals surface area (Å²) in [7, 11) is 1.58. The zero-order valence-electron chi connectivity index (χ0n) is 23.7. The SMILES string of the molecule is C=CCN1C(=O)NC(c2ccc(C)cc2)C(C(=O)OCC)=C1CN1CCN(C(=O)c2cccc(OC)c2)C(C)C1. The Hall–Kier alpha value is -4.11. The van der Waals surface area contributed by atoms with Crippen LogP contribution in [0.3, 0.4) is 0 Å². The zero-order chi connectivity index (χ0) is 28.8. The fourth-order valence-electron chi connectivity index (χ4n) is 5.27. The van der Waals surface area contributed by atoms with Gasteiger partial charge in [0.15, 0.2) is 0 Å². The second-order valence-corrected chi connectivity index (χ2v) is 10.1. The van der Waals surface area contributed by atoms with Crippen LogP contribution in [0, 0.1) is 6.92 Å². The minimum atomic E-state index is -0.642. The molecule has 0 aromatic heterocycles. The Kier molecular flexibility index (Phi) is 9.26. The van der Waals surface area contributed by atoms with Crippen LogP contribution in [0.2, 0.25) is 0 Å². The van der Waals surface area contributed by atoms with Gasteiger partial charge in [-0.15, -0.1) is 6.58 Å². The van der Waals surface area contributed by atoms with E-state index in [1.54, 1.807) is 37.1 Å². The van der Waals surface area contributed by atoms with Crippen molar-refractivity contribution in [1.29, 1.82) is 0 Å². The van der Waals surface area contributed by atoms with Crippen molar-refractivity contribution in [2.75, 3.05) is 46.4 Å². The predicted octanol–water partition coefficient (Wildman–Crippen LogP) is 3.92. The monoisotopic (exact) mass is 546 g/mol. The number of aryl methyl sites for hydroxylation is 1.